The van der Waals surface area contributed by atoms with Gasteiger partial charge in [0.25, 0.3) is 5.78 Å². The van der Waals surface area contributed by atoms with Gasteiger partial charge in [-0.2, -0.15) is 0 Å². The van der Waals surface area contributed by atoms with Crippen molar-refractivity contribution in [2.24, 2.45) is 0 Å². The number of esters is 1. The Morgan fingerprint density at radius 3 is 2.44 bits per heavy atom. The van der Waals surface area contributed by atoms with Crippen LogP contribution in [0.5, 0.6) is 0 Å². The minimum atomic E-state index is -0.837. The number of benzene rings is 2. The fourth-order valence-electron chi connectivity index (χ4n) is 1.63. The minimum Gasteiger partial charge on any atom is -0.463 e. The van der Waals surface area contributed by atoms with Gasteiger partial charge in [0.2, 0.25) is 0 Å². The van der Waals surface area contributed by atoms with E-state index in [9.17, 15) is 9.59 Å². The SMILES string of the molecule is COC(=O)C(=O)c1cccc2ccccc12. The molecule has 3 nitrogen and oxygen atoms in total. The molecule has 0 atom stereocenters. The molecule has 0 aliphatic rings. The second-order valence-corrected chi connectivity index (χ2v) is 3.35. The first-order valence-corrected chi connectivity index (χ1v) is 4.84. The van der Waals surface area contributed by atoms with Crippen molar-refractivity contribution in [1.29, 1.82) is 0 Å². The van der Waals surface area contributed by atoms with Gasteiger partial charge in [0.15, 0.2) is 0 Å². The molecule has 80 valence electrons. The van der Waals surface area contributed by atoms with Gasteiger partial charge in [-0.25, -0.2) is 4.79 Å². The molecule has 0 bridgehead atoms. The number of methoxy groups -OCH3 is 1. The number of rotatable bonds is 2. The van der Waals surface area contributed by atoms with E-state index in [4.69, 9.17) is 0 Å². The van der Waals surface area contributed by atoms with Gasteiger partial charge in [-0.15, -0.1) is 0 Å². The third kappa shape index (κ3) is 1.67. The third-order valence-electron chi connectivity index (χ3n) is 2.41. The number of hydrogen-bond donors (Lipinski definition) is 0. The van der Waals surface area contributed by atoms with Crippen LogP contribution in [0.25, 0.3) is 10.8 Å². The number of ketones is 1. The Kier molecular flexibility index (Phi) is 2.68. The molecule has 0 amide bonds. The molecule has 2 aromatic rings. The van der Waals surface area contributed by atoms with Gasteiger partial charge in [-0.3, -0.25) is 4.79 Å². The molecular weight excluding hydrogens is 204 g/mol. The second-order valence-electron chi connectivity index (χ2n) is 3.35. The standard InChI is InChI=1S/C13H10O3/c1-16-13(15)12(14)11-8-4-6-9-5-2-3-7-10(9)11/h2-8H,1H3. The normalized spacial score (nSPS) is 10.1. The average Bonchev–Trinajstić information content (AvgIpc) is 2.36. The highest BCUT2D eigenvalue weighted by Crippen LogP contribution is 2.19. The summed E-state index contributed by atoms with van der Waals surface area (Å²) < 4.78 is 4.43. The lowest BCUT2D eigenvalue weighted by atomic mass is 10.0. The zero-order valence-corrected chi connectivity index (χ0v) is 8.77. The number of carbonyl (C=O) groups is 2. The molecule has 0 saturated heterocycles. The molecule has 0 aliphatic carbocycles. The van der Waals surface area contributed by atoms with E-state index >= 15 is 0 Å². The van der Waals surface area contributed by atoms with Crippen LogP contribution in [-0.4, -0.2) is 18.9 Å². The molecule has 0 aliphatic heterocycles. The molecule has 3 heteroatoms. The van der Waals surface area contributed by atoms with E-state index in [0.717, 1.165) is 10.8 Å². The second kappa shape index (κ2) is 4.14. The van der Waals surface area contributed by atoms with Gasteiger partial charge in [0, 0.05) is 5.56 Å². The Morgan fingerprint density at radius 1 is 1.00 bits per heavy atom. The van der Waals surface area contributed by atoms with E-state index < -0.39 is 11.8 Å². The van der Waals surface area contributed by atoms with Crippen molar-refractivity contribution in [3.63, 3.8) is 0 Å². The maximum Gasteiger partial charge on any atom is 0.379 e. The summed E-state index contributed by atoms with van der Waals surface area (Å²) in [6, 6.07) is 12.7. The summed E-state index contributed by atoms with van der Waals surface area (Å²) in [5.74, 6) is -1.45. The van der Waals surface area contributed by atoms with Crippen molar-refractivity contribution < 1.29 is 14.3 Å². The maximum atomic E-state index is 11.7. The van der Waals surface area contributed by atoms with Crippen LogP contribution in [0, 0.1) is 0 Å². The number of hydrogen-bond acceptors (Lipinski definition) is 3. The smallest absolute Gasteiger partial charge is 0.379 e. The lowest BCUT2D eigenvalue weighted by Gasteiger charge is -2.03. The molecule has 0 radical (unpaired) electrons. The van der Waals surface area contributed by atoms with E-state index in [1.165, 1.54) is 7.11 Å². The summed E-state index contributed by atoms with van der Waals surface area (Å²) in [4.78, 5) is 22.9. The molecule has 0 fully saturated rings. The van der Waals surface area contributed by atoms with Gasteiger partial charge < -0.3 is 4.74 Å². The predicted octanol–water partition coefficient (Wildman–Crippen LogP) is 2.20. The lowest BCUT2D eigenvalue weighted by Crippen LogP contribution is -2.15. The first-order chi connectivity index (χ1) is 7.74. The highest BCUT2D eigenvalue weighted by atomic mass is 16.5. The monoisotopic (exact) mass is 214 g/mol. The van der Waals surface area contributed by atoms with Crippen molar-refractivity contribution in [2.45, 2.75) is 0 Å². The van der Waals surface area contributed by atoms with Crippen molar-refractivity contribution in [2.75, 3.05) is 7.11 Å². The molecule has 0 aromatic heterocycles. The minimum absolute atomic E-state index is 0.380. The van der Waals surface area contributed by atoms with Crippen molar-refractivity contribution in [1.82, 2.24) is 0 Å². The van der Waals surface area contributed by atoms with E-state index in [1.54, 1.807) is 12.1 Å². The van der Waals surface area contributed by atoms with Gasteiger partial charge in [0.1, 0.15) is 0 Å². The fourth-order valence-corrected chi connectivity index (χ4v) is 1.63. The first kappa shape index (κ1) is 10.4. The molecule has 0 N–H and O–H groups in total. The van der Waals surface area contributed by atoms with Gasteiger partial charge >= 0.3 is 5.97 Å². The highest BCUT2D eigenvalue weighted by Gasteiger charge is 2.18. The van der Waals surface area contributed by atoms with Crippen LogP contribution in [0.2, 0.25) is 0 Å². The Bertz CT molecular complexity index is 553. The van der Waals surface area contributed by atoms with Crippen LogP contribution in [0.15, 0.2) is 42.5 Å². The van der Waals surface area contributed by atoms with Crippen LogP contribution in [0.3, 0.4) is 0 Å². The average molecular weight is 214 g/mol. The zero-order chi connectivity index (χ0) is 11.5. The zero-order valence-electron chi connectivity index (χ0n) is 8.77. The molecule has 0 spiro atoms. The summed E-state index contributed by atoms with van der Waals surface area (Å²) in [6.07, 6.45) is 0. The Balaban J connectivity index is 2.61. The Hall–Kier alpha value is -2.16. The van der Waals surface area contributed by atoms with Gasteiger partial charge in [0.05, 0.1) is 7.11 Å². The molecule has 0 saturated carbocycles. The summed E-state index contributed by atoms with van der Waals surface area (Å²) in [5.41, 5.74) is 0.380. The summed E-state index contributed by atoms with van der Waals surface area (Å²) in [7, 11) is 1.20. The quantitative estimate of drug-likeness (QED) is 0.437. The van der Waals surface area contributed by atoms with Crippen molar-refractivity contribution >= 4 is 22.5 Å². The molecule has 16 heavy (non-hydrogen) atoms. The largest absolute Gasteiger partial charge is 0.463 e. The highest BCUT2D eigenvalue weighted by molar-refractivity contribution is 6.42. The number of Topliss-reactive ketones (excluding diaryl/α,β-unsaturated/α-hetero) is 1. The summed E-state index contributed by atoms with van der Waals surface area (Å²) in [6.45, 7) is 0. The van der Waals surface area contributed by atoms with E-state index in [1.807, 2.05) is 30.3 Å². The fraction of sp³-hybridized carbons (Fsp3) is 0.0769. The number of carbonyl (C=O) groups excluding carboxylic acids is 2. The van der Waals surface area contributed by atoms with Gasteiger partial charge in [-0.1, -0.05) is 42.5 Å². The van der Waals surface area contributed by atoms with Crippen LogP contribution < -0.4 is 0 Å². The predicted molar refractivity (Wildman–Crippen MR) is 60.3 cm³/mol. The lowest BCUT2D eigenvalue weighted by molar-refractivity contribution is -0.135. The summed E-state index contributed by atoms with van der Waals surface area (Å²) in [5, 5.41) is 1.69. The molecule has 0 unspecified atom stereocenters. The first-order valence-electron chi connectivity index (χ1n) is 4.84. The summed E-state index contributed by atoms with van der Waals surface area (Å²) >= 11 is 0. The van der Waals surface area contributed by atoms with Crippen LogP contribution in [-0.2, 0) is 9.53 Å². The molecule has 0 heterocycles. The van der Waals surface area contributed by atoms with Crippen LogP contribution >= 0.6 is 0 Å². The topological polar surface area (TPSA) is 43.4 Å². The Labute approximate surface area is 92.6 Å². The maximum absolute atomic E-state index is 11.7. The van der Waals surface area contributed by atoms with E-state index in [0.29, 0.717) is 5.56 Å². The number of ether oxygens (including phenoxy) is 1. The molecular formula is C13H10O3. The van der Waals surface area contributed by atoms with Gasteiger partial charge in [-0.05, 0) is 10.8 Å². The Morgan fingerprint density at radius 2 is 1.69 bits per heavy atom. The van der Waals surface area contributed by atoms with E-state index in [2.05, 4.69) is 4.74 Å². The van der Waals surface area contributed by atoms with Crippen molar-refractivity contribution in [3.8, 4) is 0 Å². The van der Waals surface area contributed by atoms with Crippen LogP contribution in [0.4, 0.5) is 0 Å². The molecule has 2 aromatic carbocycles. The number of fused-ring (bicyclic) bond motifs is 1. The van der Waals surface area contributed by atoms with Crippen LogP contribution in [0.1, 0.15) is 10.4 Å². The van der Waals surface area contributed by atoms with E-state index in [-0.39, 0.29) is 0 Å². The van der Waals surface area contributed by atoms with Crippen molar-refractivity contribution in [3.05, 3.63) is 48.0 Å². The molecule has 2 rings (SSSR count). The third-order valence-corrected chi connectivity index (χ3v) is 2.41.